The van der Waals surface area contributed by atoms with Crippen molar-refractivity contribution in [2.24, 2.45) is 5.41 Å². The Labute approximate surface area is 67.6 Å². The third kappa shape index (κ3) is 2.03. The van der Waals surface area contributed by atoms with Gasteiger partial charge in [0.1, 0.15) is 5.78 Å². The van der Waals surface area contributed by atoms with E-state index < -0.39 is 5.60 Å². The van der Waals surface area contributed by atoms with Crippen LogP contribution in [0.1, 0.15) is 40.0 Å². The highest BCUT2D eigenvalue weighted by molar-refractivity contribution is 5.76. The zero-order valence-corrected chi connectivity index (χ0v) is 7.48. The minimum atomic E-state index is -0.671. The van der Waals surface area contributed by atoms with Crippen LogP contribution >= 0.6 is 0 Å². The van der Waals surface area contributed by atoms with Crippen molar-refractivity contribution >= 4 is 5.78 Å². The zero-order valence-electron chi connectivity index (χ0n) is 7.48. The maximum absolute atomic E-state index is 10.7. The second-order valence-corrected chi connectivity index (χ2v) is 4.62. The lowest BCUT2D eigenvalue weighted by Gasteiger charge is -2.49. The van der Waals surface area contributed by atoms with Gasteiger partial charge in [-0.2, -0.15) is 0 Å². The molecule has 2 heteroatoms. The first kappa shape index (κ1) is 8.72. The van der Waals surface area contributed by atoms with E-state index in [0.717, 1.165) is 12.8 Å². The van der Waals surface area contributed by atoms with Gasteiger partial charge in [-0.1, -0.05) is 13.8 Å². The standard InChI is InChI=1S/C9H16O2/c1-7(10)4-9(11)5-8(2,3)6-9/h11H,4-6H2,1-3H3. The van der Waals surface area contributed by atoms with Crippen LogP contribution in [0.15, 0.2) is 0 Å². The Balaban J connectivity index is 2.43. The number of hydrogen-bond acceptors (Lipinski definition) is 2. The first-order chi connectivity index (χ1) is 4.83. The van der Waals surface area contributed by atoms with Crippen molar-refractivity contribution in [2.45, 2.75) is 45.6 Å². The number of rotatable bonds is 2. The molecule has 2 nitrogen and oxygen atoms in total. The van der Waals surface area contributed by atoms with E-state index in [1.165, 1.54) is 6.92 Å². The summed E-state index contributed by atoms with van der Waals surface area (Å²) >= 11 is 0. The Kier molecular flexibility index (Phi) is 1.83. The molecular formula is C9H16O2. The number of carbonyl (C=O) groups excluding carboxylic acids is 1. The normalized spacial score (nSPS) is 25.8. The predicted molar refractivity (Wildman–Crippen MR) is 43.3 cm³/mol. The summed E-state index contributed by atoms with van der Waals surface area (Å²) in [4.78, 5) is 10.7. The van der Waals surface area contributed by atoms with E-state index in [-0.39, 0.29) is 11.2 Å². The molecule has 0 aromatic heterocycles. The van der Waals surface area contributed by atoms with Gasteiger partial charge >= 0.3 is 0 Å². The topological polar surface area (TPSA) is 37.3 Å². The summed E-state index contributed by atoms with van der Waals surface area (Å²) < 4.78 is 0. The van der Waals surface area contributed by atoms with Gasteiger partial charge in [0, 0.05) is 6.42 Å². The van der Waals surface area contributed by atoms with Crippen LogP contribution in [0.3, 0.4) is 0 Å². The third-order valence-electron chi connectivity index (χ3n) is 2.19. The van der Waals surface area contributed by atoms with Crippen molar-refractivity contribution in [3.63, 3.8) is 0 Å². The van der Waals surface area contributed by atoms with Crippen LogP contribution in [-0.2, 0) is 4.79 Å². The molecule has 0 aliphatic heterocycles. The number of Topliss-reactive ketones (excluding diaryl/α,β-unsaturated/α-hetero) is 1. The van der Waals surface area contributed by atoms with E-state index >= 15 is 0 Å². The van der Waals surface area contributed by atoms with Crippen molar-refractivity contribution in [2.75, 3.05) is 0 Å². The fourth-order valence-corrected chi connectivity index (χ4v) is 2.32. The molecule has 11 heavy (non-hydrogen) atoms. The molecule has 1 aliphatic carbocycles. The molecule has 1 saturated carbocycles. The molecule has 0 saturated heterocycles. The summed E-state index contributed by atoms with van der Waals surface area (Å²) in [6.45, 7) is 5.76. The molecule has 0 amide bonds. The minimum absolute atomic E-state index is 0.0861. The van der Waals surface area contributed by atoms with Gasteiger partial charge in [-0.25, -0.2) is 0 Å². The first-order valence-electron chi connectivity index (χ1n) is 4.05. The summed E-state index contributed by atoms with van der Waals surface area (Å²) in [5.41, 5.74) is -0.431. The lowest BCUT2D eigenvalue weighted by Crippen LogP contribution is -2.49. The Morgan fingerprint density at radius 2 is 1.91 bits per heavy atom. The van der Waals surface area contributed by atoms with Crippen LogP contribution in [-0.4, -0.2) is 16.5 Å². The van der Waals surface area contributed by atoms with Crippen molar-refractivity contribution in [3.8, 4) is 0 Å². The second-order valence-electron chi connectivity index (χ2n) is 4.62. The van der Waals surface area contributed by atoms with E-state index in [0.29, 0.717) is 6.42 Å². The zero-order chi connectivity index (χ0) is 8.70. The van der Waals surface area contributed by atoms with Crippen molar-refractivity contribution < 1.29 is 9.90 Å². The second kappa shape index (κ2) is 2.31. The summed E-state index contributed by atoms with van der Waals surface area (Å²) in [7, 11) is 0. The van der Waals surface area contributed by atoms with Gasteiger partial charge in [0.15, 0.2) is 0 Å². The predicted octanol–water partition coefficient (Wildman–Crippen LogP) is 1.52. The third-order valence-corrected chi connectivity index (χ3v) is 2.19. The molecule has 0 heterocycles. The van der Waals surface area contributed by atoms with Crippen LogP contribution in [0, 0.1) is 5.41 Å². The van der Waals surface area contributed by atoms with Gasteiger partial charge < -0.3 is 5.11 Å². The summed E-state index contributed by atoms with van der Waals surface area (Å²) in [6.07, 6.45) is 1.86. The number of aliphatic hydroxyl groups is 1. The molecule has 1 fully saturated rings. The summed E-state index contributed by atoms with van der Waals surface area (Å²) in [5, 5.41) is 9.70. The number of carbonyl (C=O) groups is 1. The Morgan fingerprint density at radius 3 is 2.18 bits per heavy atom. The van der Waals surface area contributed by atoms with Crippen LogP contribution in [0.2, 0.25) is 0 Å². The van der Waals surface area contributed by atoms with Crippen molar-refractivity contribution in [1.29, 1.82) is 0 Å². The van der Waals surface area contributed by atoms with Gasteiger partial charge in [0.25, 0.3) is 0 Å². The quantitative estimate of drug-likeness (QED) is 0.658. The average molecular weight is 156 g/mol. The lowest BCUT2D eigenvalue weighted by atomic mass is 9.60. The summed E-state index contributed by atoms with van der Waals surface area (Å²) in [6, 6.07) is 0. The monoisotopic (exact) mass is 156 g/mol. The highest BCUT2D eigenvalue weighted by atomic mass is 16.3. The fraction of sp³-hybridized carbons (Fsp3) is 0.889. The largest absolute Gasteiger partial charge is 0.389 e. The van der Waals surface area contributed by atoms with Gasteiger partial charge in [-0.3, -0.25) is 4.79 Å². The molecule has 0 aromatic rings. The van der Waals surface area contributed by atoms with Crippen LogP contribution < -0.4 is 0 Å². The highest BCUT2D eigenvalue weighted by Gasteiger charge is 2.48. The molecule has 0 spiro atoms. The molecule has 0 unspecified atom stereocenters. The van der Waals surface area contributed by atoms with Crippen molar-refractivity contribution in [3.05, 3.63) is 0 Å². The Hall–Kier alpha value is -0.370. The van der Waals surface area contributed by atoms with Crippen molar-refractivity contribution in [1.82, 2.24) is 0 Å². The maximum atomic E-state index is 10.7. The molecule has 1 aliphatic rings. The highest BCUT2D eigenvalue weighted by Crippen LogP contribution is 2.49. The van der Waals surface area contributed by atoms with E-state index in [1.54, 1.807) is 0 Å². The Morgan fingerprint density at radius 1 is 1.45 bits per heavy atom. The molecule has 0 aromatic carbocycles. The Bertz CT molecular complexity index is 174. The molecule has 1 N–H and O–H groups in total. The smallest absolute Gasteiger partial charge is 0.132 e. The van der Waals surface area contributed by atoms with Crippen LogP contribution in [0.5, 0.6) is 0 Å². The fourth-order valence-electron chi connectivity index (χ4n) is 2.32. The molecule has 0 radical (unpaired) electrons. The average Bonchev–Trinajstić information content (AvgIpc) is 1.52. The minimum Gasteiger partial charge on any atom is -0.389 e. The van der Waals surface area contributed by atoms with Gasteiger partial charge in [-0.05, 0) is 25.2 Å². The number of hydrogen-bond donors (Lipinski definition) is 1. The molecular weight excluding hydrogens is 140 g/mol. The lowest BCUT2D eigenvalue weighted by molar-refractivity contribution is -0.140. The van der Waals surface area contributed by atoms with Crippen LogP contribution in [0.4, 0.5) is 0 Å². The molecule has 0 bridgehead atoms. The molecule has 1 rings (SSSR count). The van der Waals surface area contributed by atoms with Gasteiger partial charge in [-0.15, -0.1) is 0 Å². The van der Waals surface area contributed by atoms with Gasteiger partial charge in [0.05, 0.1) is 5.60 Å². The van der Waals surface area contributed by atoms with E-state index in [4.69, 9.17) is 0 Å². The maximum Gasteiger partial charge on any atom is 0.132 e. The number of ketones is 1. The van der Waals surface area contributed by atoms with Crippen LogP contribution in [0.25, 0.3) is 0 Å². The SMILES string of the molecule is CC(=O)CC1(O)CC(C)(C)C1. The van der Waals surface area contributed by atoms with E-state index in [1.807, 2.05) is 0 Å². The first-order valence-corrected chi connectivity index (χ1v) is 4.05. The van der Waals surface area contributed by atoms with Gasteiger partial charge in [0.2, 0.25) is 0 Å². The summed E-state index contributed by atoms with van der Waals surface area (Å²) in [5.74, 6) is 0.0861. The van der Waals surface area contributed by atoms with E-state index in [2.05, 4.69) is 13.8 Å². The molecule has 0 atom stereocenters. The molecule has 64 valence electrons. The van der Waals surface area contributed by atoms with E-state index in [9.17, 15) is 9.90 Å².